The van der Waals surface area contributed by atoms with Crippen molar-refractivity contribution in [1.82, 2.24) is 15.6 Å². The molecule has 5 heteroatoms. The number of thiazole rings is 1. The number of rotatable bonds is 7. The van der Waals surface area contributed by atoms with E-state index in [2.05, 4.69) is 63.2 Å². The van der Waals surface area contributed by atoms with E-state index in [1.165, 1.54) is 29.1 Å². The summed E-state index contributed by atoms with van der Waals surface area (Å²) in [6.45, 7) is 3.94. The van der Waals surface area contributed by atoms with E-state index in [0.29, 0.717) is 5.41 Å². The van der Waals surface area contributed by atoms with Crippen LogP contribution in [0, 0.1) is 0 Å². The Morgan fingerprint density at radius 2 is 2.04 bits per heavy atom. The van der Waals surface area contributed by atoms with Crippen LogP contribution in [0.1, 0.15) is 36.0 Å². The largest absolute Gasteiger partial charge is 0.356 e. The van der Waals surface area contributed by atoms with Gasteiger partial charge < -0.3 is 10.6 Å². The van der Waals surface area contributed by atoms with E-state index in [1.54, 1.807) is 11.3 Å². The van der Waals surface area contributed by atoms with Crippen molar-refractivity contribution in [2.45, 2.75) is 38.0 Å². The van der Waals surface area contributed by atoms with Crippen molar-refractivity contribution in [1.29, 1.82) is 0 Å². The number of aryl methyl sites for hydroxylation is 1. The van der Waals surface area contributed by atoms with E-state index in [-0.39, 0.29) is 0 Å². The van der Waals surface area contributed by atoms with E-state index >= 15 is 0 Å². The second-order valence-electron chi connectivity index (χ2n) is 6.34. The molecular weight excluding hydrogens is 316 g/mol. The molecule has 3 rings (SSSR count). The smallest absolute Gasteiger partial charge is 0.191 e. The van der Waals surface area contributed by atoms with Crippen LogP contribution in [-0.4, -0.2) is 31.1 Å². The molecule has 0 amide bonds. The molecule has 0 spiro atoms. The standard InChI is InChI=1S/C19H26N4S/c1-3-17-23-16(13-24-17)9-12-21-18(20-2)22-14-19(10-11-19)15-7-5-4-6-8-15/h4-8,13H,3,9-12,14H2,1-2H3,(H2,20,21,22). The molecule has 4 nitrogen and oxygen atoms in total. The zero-order valence-corrected chi connectivity index (χ0v) is 15.3. The zero-order chi connectivity index (χ0) is 16.8. The number of hydrogen-bond acceptors (Lipinski definition) is 3. The molecule has 2 N–H and O–H groups in total. The number of benzene rings is 1. The molecular formula is C19H26N4S. The SMILES string of the molecule is CCc1nc(CCNC(=NC)NCC2(c3ccccc3)CC2)cs1. The molecule has 0 radical (unpaired) electrons. The molecule has 24 heavy (non-hydrogen) atoms. The van der Waals surface area contributed by atoms with Gasteiger partial charge in [0.05, 0.1) is 10.7 Å². The molecule has 0 bridgehead atoms. The van der Waals surface area contributed by atoms with Crippen LogP contribution in [-0.2, 0) is 18.3 Å². The number of aromatic nitrogens is 1. The van der Waals surface area contributed by atoms with Crippen LogP contribution >= 0.6 is 11.3 Å². The Morgan fingerprint density at radius 1 is 1.25 bits per heavy atom. The van der Waals surface area contributed by atoms with Gasteiger partial charge in [0.15, 0.2) is 5.96 Å². The first-order valence-electron chi connectivity index (χ1n) is 8.69. The van der Waals surface area contributed by atoms with Crippen LogP contribution in [0.5, 0.6) is 0 Å². The van der Waals surface area contributed by atoms with Gasteiger partial charge in [0.25, 0.3) is 0 Å². The highest BCUT2D eigenvalue weighted by Gasteiger charge is 2.43. The lowest BCUT2D eigenvalue weighted by Crippen LogP contribution is -2.42. The lowest BCUT2D eigenvalue weighted by Gasteiger charge is -2.19. The van der Waals surface area contributed by atoms with Gasteiger partial charge in [0.2, 0.25) is 0 Å². The minimum Gasteiger partial charge on any atom is -0.356 e. The fourth-order valence-corrected chi connectivity index (χ4v) is 3.70. The van der Waals surface area contributed by atoms with Gasteiger partial charge >= 0.3 is 0 Å². The lowest BCUT2D eigenvalue weighted by atomic mass is 9.96. The van der Waals surface area contributed by atoms with Crippen molar-refractivity contribution in [3.05, 3.63) is 52.0 Å². The van der Waals surface area contributed by atoms with E-state index in [9.17, 15) is 0 Å². The summed E-state index contributed by atoms with van der Waals surface area (Å²) >= 11 is 1.75. The number of guanidine groups is 1. The molecule has 1 aliphatic carbocycles. The maximum absolute atomic E-state index is 4.60. The average molecular weight is 343 g/mol. The Morgan fingerprint density at radius 3 is 2.67 bits per heavy atom. The predicted octanol–water partition coefficient (Wildman–Crippen LogP) is 3.14. The number of nitrogens with zero attached hydrogens (tertiary/aromatic N) is 2. The van der Waals surface area contributed by atoms with Gasteiger partial charge in [-0.05, 0) is 24.8 Å². The van der Waals surface area contributed by atoms with Crippen molar-refractivity contribution in [3.63, 3.8) is 0 Å². The highest BCUT2D eigenvalue weighted by molar-refractivity contribution is 7.09. The molecule has 0 atom stereocenters. The Balaban J connectivity index is 1.45. The Kier molecular flexibility index (Phi) is 5.51. The highest BCUT2D eigenvalue weighted by atomic mass is 32.1. The van der Waals surface area contributed by atoms with Crippen molar-refractivity contribution in [2.24, 2.45) is 4.99 Å². The highest BCUT2D eigenvalue weighted by Crippen LogP contribution is 2.47. The third kappa shape index (κ3) is 4.15. The molecule has 1 aliphatic rings. The fourth-order valence-electron chi connectivity index (χ4n) is 2.92. The number of hydrogen-bond donors (Lipinski definition) is 2. The molecule has 1 aromatic heterocycles. The summed E-state index contributed by atoms with van der Waals surface area (Å²) in [5.74, 6) is 0.878. The van der Waals surface area contributed by atoms with Crippen LogP contribution in [0.2, 0.25) is 0 Å². The van der Waals surface area contributed by atoms with Gasteiger partial charge in [-0.25, -0.2) is 4.98 Å². The molecule has 1 fully saturated rings. The minimum atomic E-state index is 0.295. The van der Waals surface area contributed by atoms with E-state index in [0.717, 1.165) is 31.9 Å². The van der Waals surface area contributed by atoms with E-state index in [1.807, 2.05) is 7.05 Å². The molecule has 0 saturated heterocycles. The first-order chi connectivity index (χ1) is 11.8. The van der Waals surface area contributed by atoms with Gasteiger partial charge in [0, 0.05) is 37.4 Å². The Labute approximate surface area is 148 Å². The normalized spacial score (nSPS) is 16.0. The van der Waals surface area contributed by atoms with Crippen molar-refractivity contribution < 1.29 is 0 Å². The Hall–Kier alpha value is -1.88. The van der Waals surface area contributed by atoms with Crippen LogP contribution in [0.4, 0.5) is 0 Å². The summed E-state index contributed by atoms with van der Waals surface area (Å²) in [6.07, 6.45) is 4.45. The molecule has 128 valence electrons. The first kappa shape index (κ1) is 17.0. The average Bonchev–Trinajstić information content (AvgIpc) is 3.29. The topological polar surface area (TPSA) is 49.3 Å². The molecule has 1 saturated carbocycles. The van der Waals surface area contributed by atoms with Gasteiger partial charge in [-0.1, -0.05) is 37.3 Å². The molecule has 1 heterocycles. The third-order valence-electron chi connectivity index (χ3n) is 4.63. The third-order valence-corrected chi connectivity index (χ3v) is 5.67. The molecule has 0 aliphatic heterocycles. The van der Waals surface area contributed by atoms with E-state index < -0.39 is 0 Å². The predicted molar refractivity (Wildman–Crippen MR) is 102 cm³/mol. The quantitative estimate of drug-likeness (QED) is 0.600. The lowest BCUT2D eigenvalue weighted by molar-refractivity contribution is 0.645. The fraction of sp³-hybridized carbons (Fsp3) is 0.474. The monoisotopic (exact) mass is 342 g/mol. The summed E-state index contributed by atoms with van der Waals surface area (Å²) in [5.41, 5.74) is 2.90. The number of nitrogens with one attached hydrogen (secondary N) is 2. The Bertz CT molecular complexity index is 674. The maximum atomic E-state index is 4.60. The summed E-state index contributed by atoms with van der Waals surface area (Å²) in [4.78, 5) is 8.95. The summed E-state index contributed by atoms with van der Waals surface area (Å²) in [7, 11) is 1.83. The van der Waals surface area contributed by atoms with Crippen LogP contribution in [0.25, 0.3) is 0 Å². The molecule has 2 aromatic rings. The van der Waals surface area contributed by atoms with Gasteiger partial charge in [0.1, 0.15) is 0 Å². The second kappa shape index (κ2) is 7.79. The molecule has 1 aromatic carbocycles. The first-order valence-corrected chi connectivity index (χ1v) is 9.57. The van der Waals surface area contributed by atoms with Gasteiger partial charge in [-0.2, -0.15) is 0 Å². The van der Waals surface area contributed by atoms with Gasteiger partial charge in [-0.15, -0.1) is 11.3 Å². The zero-order valence-electron chi connectivity index (χ0n) is 14.5. The maximum Gasteiger partial charge on any atom is 0.191 e. The van der Waals surface area contributed by atoms with Crippen LogP contribution in [0.15, 0.2) is 40.7 Å². The van der Waals surface area contributed by atoms with Crippen LogP contribution in [0.3, 0.4) is 0 Å². The van der Waals surface area contributed by atoms with Crippen molar-refractivity contribution in [3.8, 4) is 0 Å². The van der Waals surface area contributed by atoms with Crippen LogP contribution < -0.4 is 10.6 Å². The summed E-state index contributed by atoms with van der Waals surface area (Å²) in [6, 6.07) is 10.8. The minimum absolute atomic E-state index is 0.295. The number of aliphatic imine (C=N–C) groups is 1. The summed E-state index contributed by atoms with van der Waals surface area (Å²) in [5, 5.41) is 10.3. The van der Waals surface area contributed by atoms with E-state index in [4.69, 9.17) is 0 Å². The van der Waals surface area contributed by atoms with Gasteiger partial charge in [-0.3, -0.25) is 4.99 Å². The van der Waals surface area contributed by atoms with Crippen molar-refractivity contribution >= 4 is 17.3 Å². The van der Waals surface area contributed by atoms with Crippen molar-refractivity contribution in [2.75, 3.05) is 20.1 Å². The second-order valence-corrected chi connectivity index (χ2v) is 7.28. The summed E-state index contributed by atoms with van der Waals surface area (Å²) < 4.78 is 0. The molecule has 0 unspecified atom stereocenters.